The van der Waals surface area contributed by atoms with Crippen LogP contribution in [0, 0.1) is 11.3 Å². The largest absolute Gasteiger partial charge is 0.496 e. The van der Waals surface area contributed by atoms with E-state index in [-0.39, 0.29) is 11.3 Å². The number of carbonyl (C=O) groups is 1. The Morgan fingerprint density at radius 1 is 1.17 bits per heavy atom. The molecule has 3 aromatic rings. The first-order chi connectivity index (χ1) is 17.2. The highest BCUT2D eigenvalue weighted by Gasteiger charge is 2.33. The van der Waals surface area contributed by atoms with Gasteiger partial charge in [-0.15, -0.1) is 11.3 Å². The minimum Gasteiger partial charge on any atom is -0.496 e. The van der Waals surface area contributed by atoms with Gasteiger partial charge in [0.05, 0.1) is 39.7 Å². The van der Waals surface area contributed by atoms with Crippen LogP contribution >= 0.6 is 11.3 Å². The van der Waals surface area contributed by atoms with E-state index in [1.165, 1.54) is 4.88 Å². The normalized spacial score (nSPS) is 15.6. The highest BCUT2D eigenvalue weighted by molar-refractivity contribution is 7.16. The van der Waals surface area contributed by atoms with Gasteiger partial charge in [0.25, 0.3) is 5.91 Å². The predicted octanol–water partition coefficient (Wildman–Crippen LogP) is 6.20. The van der Waals surface area contributed by atoms with Gasteiger partial charge in [-0.25, -0.2) is 4.99 Å². The molecule has 8 heteroatoms. The Labute approximate surface area is 216 Å². The lowest BCUT2D eigenvalue weighted by molar-refractivity contribution is 0.0947. The van der Waals surface area contributed by atoms with E-state index in [0.717, 1.165) is 30.4 Å². The third kappa shape index (κ3) is 5.43. The number of furan rings is 1. The zero-order chi connectivity index (χ0) is 25.9. The molecule has 4 rings (SSSR count). The standard InChI is InChI=1S/C28H34N2O5S/c1-28(2,3)18-9-10-20-24(13-18)36-27(25(20)26(31)29-16-19-8-7-11-35-19)30-15-17-12-22(33-5)23(34-6)14-21(17)32-4/h7-8,11-12,14-15,18H,9-10,13,16H2,1-6H3,(H,29,31)/t18-/m0/s1. The van der Waals surface area contributed by atoms with Gasteiger partial charge in [-0.3, -0.25) is 4.79 Å². The molecule has 7 nitrogen and oxygen atoms in total. The second-order valence-electron chi connectivity index (χ2n) is 9.96. The highest BCUT2D eigenvalue weighted by atomic mass is 32.1. The van der Waals surface area contributed by atoms with Crippen molar-refractivity contribution < 1.29 is 23.4 Å². The maximum atomic E-state index is 13.4. The monoisotopic (exact) mass is 510 g/mol. The molecule has 0 spiro atoms. The summed E-state index contributed by atoms with van der Waals surface area (Å²) in [5.74, 6) is 2.89. The van der Waals surface area contributed by atoms with Crippen molar-refractivity contribution in [2.75, 3.05) is 21.3 Å². The number of rotatable bonds is 8. The van der Waals surface area contributed by atoms with E-state index in [2.05, 4.69) is 26.1 Å². The summed E-state index contributed by atoms with van der Waals surface area (Å²) in [5, 5.41) is 3.71. The van der Waals surface area contributed by atoms with Gasteiger partial charge in [0.15, 0.2) is 11.5 Å². The average Bonchev–Trinajstić information content (AvgIpc) is 3.52. The van der Waals surface area contributed by atoms with Gasteiger partial charge in [0.1, 0.15) is 16.5 Å². The number of methoxy groups -OCH3 is 3. The molecule has 1 aromatic carbocycles. The van der Waals surface area contributed by atoms with Crippen LogP contribution in [0.3, 0.4) is 0 Å². The summed E-state index contributed by atoms with van der Waals surface area (Å²) in [5.41, 5.74) is 2.71. The van der Waals surface area contributed by atoms with Gasteiger partial charge in [-0.05, 0) is 54.4 Å². The number of hydrogen-bond acceptors (Lipinski definition) is 7. The molecule has 0 saturated carbocycles. The SMILES string of the molecule is COc1cc(OC)c(OC)cc1C=Nc1sc2c(c1C(=O)NCc1ccco1)CC[C@H](C(C)(C)C)C2. The second-order valence-corrected chi connectivity index (χ2v) is 11.0. The van der Waals surface area contributed by atoms with Crippen molar-refractivity contribution >= 4 is 28.5 Å². The zero-order valence-corrected chi connectivity index (χ0v) is 22.6. The zero-order valence-electron chi connectivity index (χ0n) is 21.8. The maximum absolute atomic E-state index is 13.4. The number of carbonyl (C=O) groups excluding carboxylic acids is 1. The fourth-order valence-corrected chi connectivity index (χ4v) is 5.86. The Hall–Kier alpha value is -3.26. The Morgan fingerprint density at radius 3 is 2.53 bits per heavy atom. The molecule has 1 aliphatic carbocycles. The summed E-state index contributed by atoms with van der Waals surface area (Å²) in [7, 11) is 4.77. The van der Waals surface area contributed by atoms with Gasteiger partial charge in [0, 0.05) is 22.7 Å². The van der Waals surface area contributed by atoms with E-state index in [1.807, 2.05) is 18.2 Å². The molecule has 0 radical (unpaired) electrons. The van der Waals surface area contributed by atoms with Crippen LogP contribution < -0.4 is 19.5 Å². The Balaban J connectivity index is 1.71. The second kappa shape index (κ2) is 10.8. The van der Waals surface area contributed by atoms with Crippen molar-refractivity contribution in [3.8, 4) is 17.2 Å². The Bertz CT molecular complexity index is 1240. The first-order valence-corrected chi connectivity index (χ1v) is 12.9. The van der Waals surface area contributed by atoms with Crippen LogP contribution in [0.2, 0.25) is 0 Å². The lowest BCUT2D eigenvalue weighted by Gasteiger charge is -2.33. The number of nitrogens with zero attached hydrogens (tertiary/aromatic N) is 1. The third-order valence-electron chi connectivity index (χ3n) is 6.76. The van der Waals surface area contributed by atoms with Crippen molar-refractivity contribution in [3.05, 3.63) is 57.9 Å². The average molecular weight is 511 g/mol. The number of aliphatic imine (C=N–C) groups is 1. The number of ether oxygens (including phenoxy) is 3. The Kier molecular flexibility index (Phi) is 7.73. The highest BCUT2D eigenvalue weighted by Crippen LogP contribution is 2.45. The number of nitrogens with one attached hydrogen (secondary N) is 1. The number of fused-ring (bicyclic) bond motifs is 1. The van der Waals surface area contributed by atoms with Gasteiger partial charge in [-0.1, -0.05) is 20.8 Å². The van der Waals surface area contributed by atoms with Crippen LogP contribution in [-0.2, 0) is 19.4 Å². The molecule has 1 aliphatic rings. The third-order valence-corrected chi connectivity index (χ3v) is 7.92. The molecular formula is C28H34N2O5S. The molecular weight excluding hydrogens is 476 g/mol. The van der Waals surface area contributed by atoms with Crippen LogP contribution in [0.15, 0.2) is 39.9 Å². The molecule has 1 N–H and O–H groups in total. The van der Waals surface area contributed by atoms with Crippen molar-refractivity contribution in [2.45, 2.75) is 46.6 Å². The molecule has 0 aliphatic heterocycles. The van der Waals surface area contributed by atoms with Gasteiger partial charge in [-0.2, -0.15) is 0 Å². The van der Waals surface area contributed by atoms with Crippen LogP contribution in [0.25, 0.3) is 0 Å². The molecule has 0 fully saturated rings. The molecule has 1 amide bonds. The number of hydrogen-bond donors (Lipinski definition) is 1. The van der Waals surface area contributed by atoms with Gasteiger partial charge in [0.2, 0.25) is 0 Å². The van der Waals surface area contributed by atoms with E-state index in [1.54, 1.807) is 51.2 Å². The Morgan fingerprint density at radius 2 is 1.89 bits per heavy atom. The van der Waals surface area contributed by atoms with E-state index >= 15 is 0 Å². The molecule has 2 heterocycles. The minimum absolute atomic E-state index is 0.135. The van der Waals surface area contributed by atoms with Gasteiger partial charge < -0.3 is 23.9 Å². The smallest absolute Gasteiger partial charge is 0.255 e. The quantitative estimate of drug-likeness (QED) is 0.365. The molecule has 1 atom stereocenters. The van der Waals surface area contributed by atoms with Crippen LogP contribution in [0.4, 0.5) is 5.00 Å². The molecule has 192 valence electrons. The van der Waals surface area contributed by atoms with E-state index < -0.39 is 0 Å². The summed E-state index contributed by atoms with van der Waals surface area (Å²) in [6, 6.07) is 7.25. The summed E-state index contributed by atoms with van der Waals surface area (Å²) < 4.78 is 21.8. The fraction of sp³-hybridized carbons (Fsp3) is 0.429. The van der Waals surface area contributed by atoms with Crippen LogP contribution in [0.5, 0.6) is 17.2 Å². The molecule has 0 saturated heterocycles. The van der Waals surface area contributed by atoms with Crippen molar-refractivity contribution in [3.63, 3.8) is 0 Å². The van der Waals surface area contributed by atoms with Crippen LogP contribution in [0.1, 0.15) is 59.3 Å². The van der Waals surface area contributed by atoms with Gasteiger partial charge >= 0.3 is 0 Å². The molecule has 0 bridgehead atoms. The van der Waals surface area contributed by atoms with Crippen LogP contribution in [-0.4, -0.2) is 33.5 Å². The lowest BCUT2D eigenvalue weighted by atomic mass is 9.72. The number of amides is 1. The summed E-state index contributed by atoms with van der Waals surface area (Å²) in [6.45, 7) is 7.19. The molecule has 36 heavy (non-hydrogen) atoms. The van der Waals surface area contributed by atoms with Crippen molar-refractivity contribution in [2.24, 2.45) is 16.3 Å². The summed E-state index contributed by atoms with van der Waals surface area (Å²) >= 11 is 1.60. The number of thiophene rings is 1. The lowest BCUT2D eigenvalue weighted by Crippen LogP contribution is -2.28. The van der Waals surface area contributed by atoms with E-state index in [0.29, 0.717) is 46.0 Å². The minimum atomic E-state index is -0.135. The topological polar surface area (TPSA) is 82.3 Å². The molecule has 2 aromatic heterocycles. The predicted molar refractivity (Wildman–Crippen MR) is 143 cm³/mol. The number of benzene rings is 1. The van der Waals surface area contributed by atoms with E-state index in [9.17, 15) is 4.79 Å². The first-order valence-electron chi connectivity index (χ1n) is 12.0. The first kappa shape index (κ1) is 25.8. The van der Waals surface area contributed by atoms with E-state index in [4.69, 9.17) is 23.6 Å². The summed E-state index contributed by atoms with van der Waals surface area (Å²) in [6.07, 6.45) is 6.21. The van der Waals surface area contributed by atoms with Crippen molar-refractivity contribution in [1.82, 2.24) is 5.32 Å². The summed E-state index contributed by atoms with van der Waals surface area (Å²) in [4.78, 5) is 19.5. The van der Waals surface area contributed by atoms with Crippen molar-refractivity contribution in [1.29, 1.82) is 0 Å². The molecule has 0 unspecified atom stereocenters. The fourth-order valence-electron chi connectivity index (χ4n) is 4.59. The maximum Gasteiger partial charge on any atom is 0.255 e.